The predicted octanol–water partition coefficient (Wildman–Crippen LogP) is 2.83. The van der Waals surface area contributed by atoms with Crippen molar-refractivity contribution in [2.75, 3.05) is 32.4 Å². The normalized spacial score (nSPS) is 16.5. The lowest BCUT2D eigenvalue weighted by atomic mass is 10.1. The average molecular weight is 432 g/mol. The highest BCUT2D eigenvalue weighted by Crippen LogP contribution is 2.33. The molecule has 1 aliphatic rings. The first-order valence-corrected chi connectivity index (χ1v) is 12.4. The summed E-state index contributed by atoms with van der Waals surface area (Å²) in [6, 6.07) is 12.2. The van der Waals surface area contributed by atoms with Crippen LogP contribution >= 0.6 is 11.3 Å². The fourth-order valence-corrected chi connectivity index (χ4v) is 5.85. The van der Waals surface area contributed by atoms with E-state index in [1.54, 1.807) is 15.9 Å². The minimum atomic E-state index is -3.13. The summed E-state index contributed by atoms with van der Waals surface area (Å²) >= 11 is 1.67. The highest BCUT2D eigenvalue weighted by atomic mass is 32.2. The molecule has 1 saturated heterocycles. The molecule has 0 unspecified atom stereocenters. The predicted molar refractivity (Wildman–Crippen MR) is 119 cm³/mol. The summed E-state index contributed by atoms with van der Waals surface area (Å²) in [5.41, 5.74) is 2.24. The van der Waals surface area contributed by atoms with Gasteiger partial charge in [0.25, 0.3) is 5.56 Å². The molecule has 0 atom stereocenters. The summed E-state index contributed by atoms with van der Waals surface area (Å²) in [4.78, 5) is 16.3. The van der Waals surface area contributed by atoms with Crippen molar-refractivity contribution in [2.45, 2.75) is 20.0 Å². The molecule has 0 spiro atoms. The molecule has 8 heteroatoms. The van der Waals surface area contributed by atoms with Gasteiger partial charge in [-0.1, -0.05) is 30.3 Å². The van der Waals surface area contributed by atoms with Gasteiger partial charge >= 0.3 is 0 Å². The molecular weight excluding hydrogens is 406 g/mol. The van der Waals surface area contributed by atoms with Crippen molar-refractivity contribution >= 4 is 31.4 Å². The van der Waals surface area contributed by atoms with Crippen LogP contribution in [0.5, 0.6) is 0 Å². The van der Waals surface area contributed by atoms with Gasteiger partial charge in [0.1, 0.15) is 0 Å². The molecule has 3 heterocycles. The molecule has 0 amide bonds. The van der Waals surface area contributed by atoms with Crippen molar-refractivity contribution in [2.24, 2.45) is 0 Å². The van der Waals surface area contributed by atoms with E-state index in [2.05, 4.69) is 17.0 Å². The lowest BCUT2D eigenvalue weighted by molar-refractivity contribution is 0.183. The van der Waals surface area contributed by atoms with Gasteiger partial charge < -0.3 is 4.57 Å². The van der Waals surface area contributed by atoms with Gasteiger partial charge in [-0.15, -0.1) is 11.3 Å². The van der Waals surface area contributed by atoms with Crippen LogP contribution in [-0.2, 0) is 23.1 Å². The Hall–Kier alpha value is -2.00. The number of hydrogen-bond donors (Lipinski definition) is 0. The third-order valence-corrected chi connectivity index (χ3v) is 7.87. The average Bonchev–Trinajstić information content (AvgIpc) is 3.13. The molecule has 1 fully saturated rings. The van der Waals surface area contributed by atoms with Gasteiger partial charge in [0, 0.05) is 60.6 Å². The molecule has 6 nitrogen and oxygen atoms in total. The number of sulfonamides is 1. The Morgan fingerprint density at radius 1 is 1.07 bits per heavy atom. The van der Waals surface area contributed by atoms with Gasteiger partial charge in [-0.3, -0.25) is 9.69 Å². The maximum absolute atomic E-state index is 12.9. The number of hydrogen-bond acceptors (Lipinski definition) is 5. The number of pyridine rings is 1. The number of piperazine rings is 1. The molecule has 3 aromatic rings. The number of thiophene rings is 1. The summed E-state index contributed by atoms with van der Waals surface area (Å²) < 4.78 is 27.7. The zero-order valence-electron chi connectivity index (χ0n) is 16.7. The van der Waals surface area contributed by atoms with Crippen LogP contribution in [0, 0.1) is 0 Å². The van der Waals surface area contributed by atoms with E-state index in [0.717, 1.165) is 32.6 Å². The van der Waals surface area contributed by atoms with E-state index in [-0.39, 0.29) is 5.56 Å². The van der Waals surface area contributed by atoms with Crippen molar-refractivity contribution in [3.63, 3.8) is 0 Å². The monoisotopic (exact) mass is 431 g/mol. The lowest BCUT2D eigenvalue weighted by Gasteiger charge is -2.32. The second kappa shape index (κ2) is 8.02. The quantitative estimate of drug-likeness (QED) is 0.623. The summed E-state index contributed by atoms with van der Waals surface area (Å²) in [6.45, 7) is 5.78. The molecule has 0 radical (unpaired) electrons. The van der Waals surface area contributed by atoms with Crippen LogP contribution in [0.2, 0.25) is 0 Å². The van der Waals surface area contributed by atoms with Crippen LogP contribution in [-0.4, -0.2) is 54.6 Å². The zero-order valence-corrected chi connectivity index (χ0v) is 18.3. The van der Waals surface area contributed by atoms with Gasteiger partial charge in [-0.25, -0.2) is 8.42 Å². The molecule has 154 valence electrons. The van der Waals surface area contributed by atoms with Gasteiger partial charge in [0.05, 0.1) is 11.6 Å². The SMILES string of the molecule is CCn1cc(-c2ccccc2)c2sc(CN3CCN(S(C)(=O)=O)CC3)cc2c1=O. The van der Waals surface area contributed by atoms with Crippen molar-refractivity contribution in [1.29, 1.82) is 0 Å². The molecule has 4 rings (SSSR count). The zero-order chi connectivity index (χ0) is 20.6. The molecule has 0 saturated carbocycles. The largest absolute Gasteiger partial charge is 0.315 e. The maximum atomic E-state index is 12.9. The number of fused-ring (bicyclic) bond motifs is 1. The highest BCUT2D eigenvalue weighted by molar-refractivity contribution is 7.88. The Labute approximate surface area is 175 Å². The van der Waals surface area contributed by atoms with Gasteiger partial charge in [0.15, 0.2) is 0 Å². The van der Waals surface area contributed by atoms with Crippen LogP contribution in [0.25, 0.3) is 21.2 Å². The topological polar surface area (TPSA) is 62.6 Å². The maximum Gasteiger partial charge on any atom is 0.259 e. The summed E-state index contributed by atoms with van der Waals surface area (Å²) in [7, 11) is -3.13. The van der Waals surface area contributed by atoms with Crippen LogP contribution in [0.4, 0.5) is 0 Å². The first-order valence-electron chi connectivity index (χ1n) is 9.75. The standard InChI is InChI=1S/C21H25N3O3S2/c1-3-23-15-19(16-7-5-4-6-8-16)20-18(21(23)25)13-17(28-20)14-22-9-11-24(12-10-22)29(2,26)27/h4-8,13,15H,3,9-12,14H2,1-2H3. The summed E-state index contributed by atoms with van der Waals surface area (Å²) in [5.74, 6) is 0. The van der Waals surface area contributed by atoms with Crippen molar-refractivity contribution in [3.05, 3.63) is 57.8 Å². The molecule has 0 bridgehead atoms. The van der Waals surface area contributed by atoms with Gasteiger partial charge in [-0.2, -0.15) is 4.31 Å². The van der Waals surface area contributed by atoms with Crippen molar-refractivity contribution in [3.8, 4) is 11.1 Å². The second-order valence-corrected chi connectivity index (χ2v) is 10.5. The number of rotatable bonds is 5. The van der Waals surface area contributed by atoms with Gasteiger partial charge in [-0.05, 0) is 18.6 Å². The number of nitrogens with zero attached hydrogens (tertiary/aromatic N) is 3. The Morgan fingerprint density at radius 2 is 1.76 bits per heavy atom. The minimum Gasteiger partial charge on any atom is -0.315 e. The minimum absolute atomic E-state index is 0.0478. The third-order valence-electron chi connectivity index (χ3n) is 5.41. The molecule has 1 aliphatic heterocycles. The van der Waals surface area contributed by atoms with E-state index in [9.17, 15) is 13.2 Å². The number of benzene rings is 1. The fraction of sp³-hybridized carbons (Fsp3) is 0.381. The fourth-order valence-electron chi connectivity index (χ4n) is 3.80. The lowest BCUT2D eigenvalue weighted by Crippen LogP contribution is -2.47. The number of aromatic nitrogens is 1. The molecule has 2 aromatic heterocycles. The molecular formula is C21H25N3O3S2. The molecule has 0 aliphatic carbocycles. The van der Waals surface area contributed by atoms with Crippen LogP contribution < -0.4 is 5.56 Å². The van der Waals surface area contributed by atoms with E-state index in [1.807, 2.05) is 37.4 Å². The smallest absolute Gasteiger partial charge is 0.259 e. The summed E-state index contributed by atoms with van der Waals surface area (Å²) in [6.07, 6.45) is 3.23. The molecule has 0 N–H and O–H groups in total. The Bertz CT molecular complexity index is 1180. The van der Waals surface area contributed by atoms with Crippen molar-refractivity contribution < 1.29 is 8.42 Å². The van der Waals surface area contributed by atoms with E-state index in [1.165, 1.54) is 10.6 Å². The third kappa shape index (κ3) is 4.16. The number of aryl methyl sites for hydroxylation is 1. The van der Waals surface area contributed by atoms with E-state index in [4.69, 9.17) is 0 Å². The van der Waals surface area contributed by atoms with E-state index in [0.29, 0.717) is 32.7 Å². The Morgan fingerprint density at radius 3 is 2.38 bits per heavy atom. The van der Waals surface area contributed by atoms with Crippen LogP contribution in [0.3, 0.4) is 0 Å². The molecule has 29 heavy (non-hydrogen) atoms. The summed E-state index contributed by atoms with van der Waals surface area (Å²) in [5, 5.41) is 0.767. The first-order chi connectivity index (χ1) is 13.9. The van der Waals surface area contributed by atoms with Crippen molar-refractivity contribution in [1.82, 2.24) is 13.8 Å². The van der Waals surface area contributed by atoms with E-state index < -0.39 is 10.0 Å². The van der Waals surface area contributed by atoms with Crippen LogP contribution in [0.15, 0.2) is 47.4 Å². The highest BCUT2D eigenvalue weighted by Gasteiger charge is 2.24. The second-order valence-electron chi connectivity index (χ2n) is 7.39. The van der Waals surface area contributed by atoms with E-state index >= 15 is 0 Å². The Kier molecular flexibility index (Phi) is 5.61. The van der Waals surface area contributed by atoms with Gasteiger partial charge in [0.2, 0.25) is 10.0 Å². The first kappa shape index (κ1) is 20.3. The van der Waals surface area contributed by atoms with Crippen LogP contribution in [0.1, 0.15) is 11.8 Å². The molecule has 1 aromatic carbocycles. The Balaban J connectivity index is 1.66.